The third kappa shape index (κ3) is 2.85. The molecule has 1 aliphatic carbocycles. The maximum Gasteiger partial charge on any atom is 0.279 e. The van der Waals surface area contributed by atoms with Gasteiger partial charge in [0.25, 0.3) is 11.4 Å². The quantitative estimate of drug-likeness (QED) is 0.406. The fourth-order valence-corrected chi connectivity index (χ4v) is 4.16. The molecule has 160 valence electrons. The number of hydrogen-bond acceptors (Lipinski definition) is 7. The number of halogens is 1. The van der Waals surface area contributed by atoms with Gasteiger partial charge in [-0.1, -0.05) is 22.8 Å². The van der Waals surface area contributed by atoms with Crippen LogP contribution in [0, 0.1) is 0 Å². The molecule has 1 aliphatic rings. The summed E-state index contributed by atoms with van der Waals surface area (Å²) in [5, 5.41) is 4.61. The SMILES string of the molecule is COC1(c2noc(-c3ncn4c3c(=O)n(Cc3ccccn3)c3cc(Cl)ccc34)n2)CC1. The standard InChI is InChI=1S/C22H17ClN6O3/c1-31-22(7-8-22)21-26-19(32-27-21)17-18-20(30)28(11-14-4-2-3-9-24-14)16-10-13(23)5-6-15(16)29(18)12-25-17/h2-6,9-10,12H,7-8,11H2,1H3. The van der Waals surface area contributed by atoms with Crippen LogP contribution < -0.4 is 5.56 Å². The predicted molar refractivity (Wildman–Crippen MR) is 117 cm³/mol. The molecular weight excluding hydrogens is 432 g/mol. The lowest BCUT2D eigenvalue weighted by Crippen LogP contribution is -2.24. The van der Waals surface area contributed by atoms with Crippen molar-refractivity contribution in [3.8, 4) is 11.6 Å². The van der Waals surface area contributed by atoms with Crippen LogP contribution in [0.2, 0.25) is 5.02 Å². The average Bonchev–Trinajstić information content (AvgIpc) is 3.23. The van der Waals surface area contributed by atoms with Crippen LogP contribution in [-0.2, 0) is 16.9 Å². The van der Waals surface area contributed by atoms with Gasteiger partial charge in [0.2, 0.25) is 5.82 Å². The van der Waals surface area contributed by atoms with Crippen LogP contribution in [0.15, 0.2) is 58.2 Å². The van der Waals surface area contributed by atoms with Crippen molar-refractivity contribution in [2.75, 3.05) is 7.11 Å². The second-order valence-corrected chi connectivity index (χ2v) is 8.22. The van der Waals surface area contributed by atoms with Crippen LogP contribution in [0.25, 0.3) is 28.1 Å². The molecule has 0 bridgehead atoms. The Hall–Kier alpha value is -3.56. The first-order valence-electron chi connectivity index (χ1n) is 10.1. The normalized spacial score (nSPS) is 14.9. The summed E-state index contributed by atoms with van der Waals surface area (Å²) in [6.07, 6.45) is 4.94. The smallest absolute Gasteiger partial charge is 0.279 e. The summed E-state index contributed by atoms with van der Waals surface area (Å²) in [5.74, 6) is 0.651. The summed E-state index contributed by atoms with van der Waals surface area (Å²) in [4.78, 5) is 27.0. The van der Waals surface area contributed by atoms with E-state index in [1.54, 1.807) is 40.7 Å². The van der Waals surface area contributed by atoms with E-state index in [0.717, 1.165) is 24.1 Å². The molecule has 4 heterocycles. The molecule has 4 aromatic heterocycles. The third-order valence-electron chi connectivity index (χ3n) is 5.88. The molecule has 10 heteroatoms. The van der Waals surface area contributed by atoms with E-state index >= 15 is 0 Å². The lowest BCUT2D eigenvalue weighted by Gasteiger charge is -2.12. The molecule has 5 aromatic rings. The Morgan fingerprint density at radius 1 is 1.19 bits per heavy atom. The highest BCUT2D eigenvalue weighted by Crippen LogP contribution is 2.47. The molecule has 0 atom stereocenters. The minimum absolute atomic E-state index is 0.181. The number of hydrogen-bond donors (Lipinski definition) is 0. The minimum Gasteiger partial charge on any atom is -0.370 e. The Labute approximate surface area is 186 Å². The molecule has 1 aromatic carbocycles. The number of fused-ring (bicyclic) bond motifs is 3. The van der Waals surface area contributed by atoms with Crippen molar-refractivity contribution >= 4 is 28.2 Å². The number of rotatable bonds is 5. The van der Waals surface area contributed by atoms with Crippen molar-refractivity contribution in [3.05, 3.63) is 75.8 Å². The molecule has 6 rings (SSSR count). The van der Waals surface area contributed by atoms with Gasteiger partial charge in [-0.2, -0.15) is 4.98 Å². The maximum atomic E-state index is 13.7. The van der Waals surface area contributed by atoms with Crippen molar-refractivity contribution in [3.63, 3.8) is 0 Å². The first kappa shape index (κ1) is 19.1. The number of methoxy groups -OCH3 is 1. The molecule has 0 aliphatic heterocycles. The van der Waals surface area contributed by atoms with Crippen molar-refractivity contribution in [1.29, 1.82) is 0 Å². The summed E-state index contributed by atoms with van der Waals surface area (Å²) >= 11 is 6.26. The lowest BCUT2D eigenvalue weighted by molar-refractivity contribution is 0.0689. The van der Waals surface area contributed by atoms with Crippen molar-refractivity contribution in [2.24, 2.45) is 0 Å². The zero-order valence-electron chi connectivity index (χ0n) is 17.0. The van der Waals surface area contributed by atoms with Crippen LogP contribution in [0.4, 0.5) is 0 Å². The van der Waals surface area contributed by atoms with Gasteiger partial charge in [0.1, 0.15) is 17.4 Å². The largest absolute Gasteiger partial charge is 0.370 e. The van der Waals surface area contributed by atoms with Gasteiger partial charge in [0.15, 0.2) is 5.69 Å². The van der Waals surface area contributed by atoms with Gasteiger partial charge in [-0.15, -0.1) is 0 Å². The first-order valence-corrected chi connectivity index (χ1v) is 10.5. The fraction of sp³-hybridized carbons (Fsp3) is 0.227. The molecule has 0 amide bonds. The van der Waals surface area contributed by atoms with E-state index in [4.69, 9.17) is 20.9 Å². The molecule has 0 saturated heterocycles. The van der Waals surface area contributed by atoms with Crippen LogP contribution in [-0.4, -0.2) is 36.2 Å². The van der Waals surface area contributed by atoms with E-state index in [0.29, 0.717) is 27.6 Å². The Morgan fingerprint density at radius 3 is 2.81 bits per heavy atom. The van der Waals surface area contributed by atoms with E-state index < -0.39 is 5.60 Å². The van der Waals surface area contributed by atoms with Gasteiger partial charge in [-0.05, 0) is 43.2 Å². The van der Waals surface area contributed by atoms with Crippen molar-refractivity contribution in [2.45, 2.75) is 25.0 Å². The molecule has 32 heavy (non-hydrogen) atoms. The Morgan fingerprint density at radius 2 is 2.06 bits per heavy atom. The Kier molecular flexibility index (Phi) is 4.17. The average molecular weight is 449 g/mol. The number of pyridine rings is 1. The van der Waals surface area contributed by atoms with Crippen LogP contribution in [0.1, 0.15) is 24.4 Å². The number of ether oxygens (including phenoxy) is 1. The van der Waals surface area contributed by atoms with Crippen molar-refractivity contribution < 1.29 is 9.26 Å². The molecule has 9 nitrogen and oxygen atoms in total. The summed E-state index contributed by atoms with van der Waals surface area (Å²) in [6.45, 7) is 0.277. The zero-order valence-corrected chi connectivity index (χ0v) is 17.8. The maximum absolute atomic E-state index is 13.7. The van der Waals surface area contributed by atoms with E-state index in [-0.39, 0.29) is 18.0 Å². The molecule has 0 spiro atoms. The van der Waals surface area contributed by atoms with Gasteiger partial charge in [0, 0.05) is 18.3 Å². The number of aromatic nitrogens is 6. The highest BCUT2D eigenvalue weighted by molar-refractivity contribution is 6.31. The van der Waals surface area contributed by atoms with Crippen molar-refractivity contribution in [1.82, 2.24) is 29.1 Å². The van der Waals surface area contributed by atoms with Gasteiger partial charge < -0.3 is 9.26 Å². The van der Waals surface area contributed by atoms with E-state index in [2.05, 4.69) is 20.1 Å². The lowest BCUT2D eigenvalue weighted by atomic mass is 10.2. The number of imidazole rings is 1. The first-order chi connectivity index (χ1) is 15.6. The van der Waals surface area contributed by atoms with E-state index in [1.807, 2.05) is 24.3 Å². The van der Waals surface area contributed by atoms with Gasteiger partial charge in [-0.25, -0.2) is 4.98 Å². The summed E-state index contributed by atoms with van der Waals surface area (Å²) in [7, 11) is 1.63. The minimum atomic E-state index is -0.500. The highest BCUT2D eigenvalue weighted by Gasteiger charge is 2.49. The Balaban J connectivity index is 1.59. The van der Waals surface area contributed by atoms with E-state index in [1.165, 1.54) is 0 Å². The van der Waals surface area contributed by atoms with Gasteiger partial charge >= 0.3 is 0 Å². The van der Waals surface area contributed by atoms with Crippen LogP contribution in [0.3, 0.4) is 0 Å². The predicted octanol–water partition coefficient (Wildman–Crippen LogP) is 3.43. The zero-order chi connectivity index (χ0) is 21.9. The third-order valence-corrected chi connectivity index (χ3v) is 6.12. The fourth-order valence-electron chi connectivity index (χ4n) is 3.99. The molecule has 0 unspecified atom stereocenters. The molecule has 0 N–H and O–H groups in total. The highest BCUT2D eigenvalue weighted by atomic mass is 35.5. The van der Waals surface area contributed by atoms with Gasteiger partial charge in [-0.3, -0.25) is 18.7 Å². The summed E-state index contributed by atoms with van der Waals surface area (Å²) in [6, 6.07) is 11.0. The topological polar surface area (TPSA) is 100 Å². The summed E-state index contributed by atoms with van der Waals surface area (Å²) in [5.41, 5.74) is 2.10. The molecule has 1 fully saturated rings. The second-order valence-electron chi connectivity index (χ2n) is 7.78. The molecule has 0 radical (unpaired) electrons. The number of nitrogens with zero attached hydrogens (tertiary/aromatic N) is 6. The molecular formula is C22H17ClN6O3. The van der Waals surface area contributed by atoms with Gasteiger partial charge in [0.05, 0.1) is 23.3 Å². The van der Waals surface area contributed by atoms with Crippen LogP contribution in [0.5, 0.6) is 0 Å². The molecule has 1 saturated carbocycles. The monoisotopic (exact) mass is 448 g/mol. The number of benzene rings is 1. The summed E-state index contributed by atoms with van der Waals surface area (Å²) < 4.78 is 14.4. The Bertz CT molecular complexity index is 1530. The van der Waals surface area contributed by atoms with E-state index in [9.17, 15) is 4.79 Å². The second kappa shape index (κ2) is 6.98. The van der Waals surface area contributed by atoms with Crippen LogP contribution >= 0.6 is 11.6 Å².